The van der Waals surface area contributed by atoms with Crippen LogP contribution >= 0.6 is 0 Å². The van der Waals surface area contributed by atoms with E-state index in [0.717, 1.165) is 43.3 Å². The predicted octanol–water partition coefficient (Wildman–Crippen LogP) is 4.65. The molecule has 36 heavy (non-hydrogen) atoms. The lowest BCUT2D eigenvalue weighted by Gasteiger charge is -2.34. The lowest BCUT2D eigenvalue weighted by Crippen LogP contribution is -2.49. The Morgan fingerprint density at radius 2 is 1.72 bits per heavy atom. The molecule has 5 rings (SSSR count). The van der Waals surface area contributed by atoms with Crippen LogP contribution in [0, 0.1) is 33.6 Å². The number of hydrogen-bond acceptors (Lipinski definition) is 4. The van der Waals surface area contributed by atoms with Gasteiger partial charge in [-0.05, 0) is 80.8 Å². The first-order valence-electron chi connectivity index (χ1n) is 13.4. The number of aromatic nitrogens is 1. The molecule has 1 aliphatic carbocycles. The van der Waals surface area contributed by atoms with Gasteiger partial charge in [0.05, 0.1) is 17.8 Å². The van der Waals surface area contributed by atoms with Gasteiger partial charge in [0.1, 0.15) is 0 Å². The van der Waals surface area contributed by atoms with Crippen LogP contribution in [0.3, 0.4) is 0 Å². The van der Waals surface area contributed by atoms with E-state index in [9.17, 15) is 9.90 Å². The molecule has 0 unspecified atom stereocenters. The first kappa shape index (κ1) is 24.8. The van der Waals surface area contributed by atoms with E-state index in [0.29, 0.717) is 19.6 Å². The minimum atomic E-state index is 0.0997. The number of fused-ring (bicyclic) bond motifs is 1. The molecule has 1 aliphatic heterocycles. The molecule has 2 heterocycles. The summed E-state index contributed by atoms with van der Waals surface area (Å²) in [6, 6.07) is 10.6. The Morgan fingerprint density at radius 1 is 1.03 bits per heavy atom. The number of hydrogen-bond donors (Lipinski definition) is 2. The van der Waals surface area contributed by atoms with E-state index in [1.165, 1.54) is 51.7 Å². The number of aliphatic hydroxyl groups is 1. The van der Waals surface area contributed by atoms with Crippen LogP contribution < -0.4 is 5.32 Å². The lowest BCUT2D eigenvalue weighted by atomic mass is 10.0. The number of β-amino-alcohol motifs (C(OH)–C–C–N with tert-alkyl or cyclic N) is 1. The van der Waals surface area contributed by atoms with Crippen molar-refractivity contribution in [3.63, 3.8) is 0 Å². The average molecular weight is 489 g/mol. The lowest BCUT2D eigenvalue weighted by molar-refractivity contribution is 0.0615. The molecular weight excluding hydrogens is 448 g/mol. The van der Waals surface area contributed by atoms with Crippen LogP contribution in [-0.4, -0.2) is 64.7 Å². The van der Waals surface area contributed by atoms with E-state index >= 15 is 0 Å². The average Bonchev–Trinajstić information content (AvgIpc) is 3.66. The molecule has 0 bridgehead atoms. The highest BCUT2D eigenvalue weighted by Crippen LogP contribution is 2.38. The zero-order chi connectivity index (χ0) is 25.4. The molecule has 0 atom stereocenters. The second kappa shape index (κ2) is 10.3. The molecule has 1 aromatic heterocycles. The Morgan fingerprint density at radius 3 is 2.36 bits per heavy atom. The van der Waals surface area contributed by atoms with Crippen LogP contribution in [0.25, 0.3) is 10.9 Å². The summed E-state index contributed by atoms with van der Waals surface area (Å²) in [6.07, 6.45) is 2.62. The van der Waals surface area contributed by atoms with Crippen molar-refractivity contribution in [1.82, 2.24) is 14.4 Å². The number of carbonyl (C=O) groups excluding carboxylic acids is 1. The van der Waals surface area contributed by atoms with Gasteiger partial charge >= 0.3 is 0 Å². The third kappa shape index (κ3) is 4.89. The Bertz CT molecular complexity index is 1250. The maximum absolute atomic E-state index is 13.7. The second-order valence-corrected chi connectivity index (χ2v) is 10.8. The molecule has 2 aromatic carbocycles. The van der Waals surface area contributed by atoms with E-state index in [4.69, 9.17) is 0 Å². The Kier molecular flexibility index (Phi) is 7.09. The standard InChI is InChI=1S/C30H40N4O2/c1-20-6-5-7-21(2)27(20)18-31-28-17-25(30(36)33-12-10-32(11-13-33)14-15-35)16-26-22(3)23(4)34(29(26)28)19-24-8-9-24/h5-7,16-17,24,31,35H,8-15,18-19H2,1-4H3. The Hall–Kier alpha value is -2.83. The molecule has 0 radical (unpaired) electrons. The Labute approximate surface area is 214 Å². The van der Waals surface area contributed by atoms with Crippen molar-refractivity contribution in [3.05, 3.63) is 63.8 Å². The van der Waals surface area contributed by atoms with Crippen molar-refractivity contribution in [2.45, 2.75) is 53.6 Å². The summed E-state index contributed by atoms with van der Waals surface area (Å²) < 4.78 is 2.48. The number of anilines is 1. The molecule has 6 nitrogen and oxygen atoms in total. The zero-order valence-electron chi connectivity index (χ0n) is 22.2. The number of nitrogens with one attached hydrogen (secondary N) is 1. The number of amides is 1. The van der Waals surface area contributed by atoms with Gasteiger partial charge in [0.25, 0.3) is 5.91 Å². The van der Waals surface area contributed by atoms with Gasteiger partial charge in [-0.3, -0.25) is 9.69 Å². The summed E-state index contributed by atoms with van der Waals surface area (Å²) in [5.41, 5.74) is 9.49. The summed E-state index contributed by atoms with van der Waals surface area (Å²) in [5, 5.41) is 14.2. The van der Waals surface area contributed by atoms with E-state index in [1.807, 2.05) is 4.90 Å². The number of benzene rings is 2. The van der Waals surface area contributed by atoms with Gasteiger partial charge in [-0.25, -0.2) is 0 Å². The van der Waals surface area contributed by atoms with Crippen LogP contribution in [0.5, 0.6) is 0 Å². The minimum absolute atomic E-state index is 0.0997. The maximum atomic E-state index is 13.7. The van der Waals surface area contributed by atoms with Crippen molar-refractivity contribution in [3.8, 4) is 0 Å². The third-order valence-electron chi connectivity index (χ3n) is 8.29. The number of aryl methyl sites for hydroxylation is 3. The SMILES string of the molecule is Cc1cccc(C)c1CNc1cc(C(=O)N2CCN(CCO)CC2)cc2c(C)c(C)n(CC3CC3)c12. The quantitative estimate of drug-likeness (QED) is 0.485. The molecule has 192 valence electrons. The van der Waals surface area contributed by atoms with Gasteiger partial charge in [-0.2, -0.15) is 0 Å². The molecular formula is C30H40N4O2. The molecule has 2 fully saturated rings. The van der Waals surface area contributed by atoms with Gasteiger partial charge in [0.2, 0.25) is 0 Å². The highest BCUT2D eigenvalue weighted by atomic mass is 16.3. The van der Waals surface area contributed by atoms with Crippen molar-refractivity contribution >= 4 is 22.5 Å². The number of piperazine rings is 1. The first-order valence-corrected chi connectivity index (χ1v) is 13.4. The summed E-state index contributed by atoms with van der Waals surface area (Å²) in [4.78, 5) is 17.8. The van der Waals surface area contributed by atoms with Crippen LogP contribution in [-0.2, 0) is 13.1 Å². The predicted molar refractivity (Wildman–Crippen MR) is 147 cm³/mol. The summed E-state index contributed by atoms with van der Waals surface area (Å²) >= 11 is 0. The summed E-state index contributed by atoms with van der Waals surface area (Å²) in [5.74, 6) is 0.865. The fourth-order valence-corrected chi connectivity index (χ4v) is 5.63. The second-order valence-electron chi connectivity index (χ2n) is 10.8. The number of aliphatic hydroxyl groups excluding tert-OH is 1. The van der Waals surface area contributed by atoms with Gasteiger partial charge < -0.3 is 19.9 Å². The molecule has 3 aromatic rings. The first-order chi connectivity index (χ1) is 17.4. The van der Waals surface area contributed by atoms with Crippen molar-refractivity contribution in [2.24, 2.45) is 5.92 Å². The highest BCUT2D eigenvalue weighted by molar-refractivity contribution is 6.04. The number of rotatable bonds is 8. The van der Waals surface area contributed by atoms with E-state index < -0.39 is 0 Å². The largest absolute Gasteiger partial charge is 0.395 e. The van der Waals surface area contributed by atoms with Crippen molar-refractivity contribution in [1.29, 1.82) is 0 Å². The molecule has 2 aliphatic rings. The fourth-order valence-electron chi connectivity index (χ4n) is 5.63. The topological polar surface area (TPSA) is 60.7 Å². The van der Waals surface area contributed by atoms with Crippen molar-refractivity contribution in [2.75, 3.05) is 44.6 Å². The minimum Gasteiger partial charge on any atom is -0.395 e. The number of carbonyl (C=O) groups is 1. The van der Waals surface area contributed by atoms with E-state index in [-0.39, 0.29) is 12.5 Å². The van der Waals surface area contributed by atoms with E-state index in [2.05, 4.69) is 72.8 Å². The molecule has 1 saturated heterocycles. The third-order valence-corrected chi connectivity index (χ3v) is 8.29. The molecule has 1 amide bonds. The number of nitrogens with zero attached hydrogens (tertiary/aromatic N) is 3. The fraction of sp³-hybridized carbons (Fsp3) is 0.500. The monoisotopic (exact) mass is 488 g/mol. The zero-order valence-corrected chi connectivity index (χ0v) is 22.2. The van der Waals surface area contributed by atoms with Gasteiger partial charge in [0.15, 0.2) is 0 Å². The summed E-state index contributed by atoms with van der Waals surface area (Å²) in [6.45, 7) is 14.4. The van der Waals surface area contributed by atoms with Crippen LogP contribution in [0.2, 0.25) is 0 Å². The van der Waals surface area contributed by atoms with Crippen LogP contribution in [0.15, 0.2) is 30.3 Å². The molecule has 6 heteroatoms. The van der Waals surface area contributed by atoms with Gasteiger partial charge in [-0.15, -0.1) is 0 Å². The highest BCUT2D eigenvalue weighted by Gasteiger charge is 2.27. The molecule has 2 N–H and O–H groups in total. The smallest absolute Gasteiger partial charge is 0.254 e. The van der Waals surface area contributed by atoms with Gasteiger partial charge in [-0.1, -0.05) is 18.2 Å². The molecule has 1 saturated carbocycles. The molecule has 0 spiro atoms. The Balaban J connectivity index is 1.51. The van der Waals surface area contributed by atoms with Crippen molar-refractivity contribution < 1.29 is 9.90 Å². The van der Waals surface area contributed by atoms with Gasteiger partial charge in [0, 0.05) is 62.5 Å². The summed E-state index contributed by atoms with van der Waals surface area (Å²) in [7, 11) is 0. The van der Waals surface area contributed by atoms with Crippen LogP contribution in [0.4, 0.5) is 5.69 Å². The van der Waals surface area contributed by atoms with Crippen LogP contribution in [0.1, 0.15) is 51.1 Å². The van der Waals surface area contributed by atoms with E-state index in [1.54, 1.807) is 0 Å². The maximum Gasteiger partial charge on any atom is 0.254 e. The normalized spacial score (nSPS) is 16.6.